The lowest BCUT2D eigenvalue weighted by Gasteiger charge is -2.12. The second-order valence-electron chi connectivity index (χ2n) is 3.84. The summed E-state index contributed by atoms with van der Waals surface area (Å²) in [5.74, 6) is 2.48. The molecule has 1 N–H and O–H groups in total. The molecule has 1 unspecified atom stereocenters. The molecule has 0 aliphatic carbocycles. The summed E-state index contributed by atoms with van der Waals surface area (Å²) in [7, 11) is 0. The number of terminal acetylenes is 1. The summed E-state index contributed by atoms with van der Waals surface area (Å²) in [6.45, 7) is 2.03. The molecule has 17 heavy (non-hydrogen) atoms. The fraction of sp³-hybridized carbons (Fsp3) is 0.357. The van der Waals surface area contributed by atoms with E-state index >= 15 is 0 Å². The molecular weight excluding hydrogens is 234 g/mol. The summed E-state index contributed by atoms with van der Waals surface area (Å²) in [5.41, 5.74) is 0.818. The van der Waals surface area contributed by atoms with E-state index in [-0.39, 0.29) is 18.4 Å². The molecule has 0 aliphatic heterocycles. The van der Waals surface area contributed by atoms with Crippen LogP contribution in [0.5, 0.6) is 0 Å². The largest absolute Gasteiger partial charge is 0.342 e. The van der Waals surface area contributed by atoms with Gasteiger partial charge in [0.1, 0.15) is 0 Å². The molecule has 1 atom stereocenters. The van der Waals surface area contributed by atoms with Crippen LogP contribution in [-0.2, 0) is 11.2 Å². The lowest BCUT2D eigenvalue weighted by atomic mass is 10.1. The number of benzene rings is 1. The minimum atomic E-state index is -0.185. The fourth-order valence-corrected chi connectivity index (χ4v) is 1.75. The zero-order chi connectivity index (χ0) is 12.7. The molecule has 1 aromatic rings. The van der Waals surface area contributed by atoms with E-state index in [1.807, 2.05) is 25.1 Å². The van der Waals surface area contributed by atoms with Gasteiger partial charge in [0.05, 0.1) is 12.5 Å². The summed E-state index contributed by atoms with van der Waals surface area (Å²) in [4.78, 5) is 11.7. The maximum atomic E-state index is 11.7. The third kappa shape index (κ3) is 4.50. The van der Waals surface area contributed by atoms with Gasteiger partial charge in [0.25, 0.3) is 0 Å². The van der Waals surface area contributed by atoms with Crippen molar-refractivity contribution in [3.8, 4) is 12.3 Å². The first kappa shape index (κ1) is 13.6. The van der Waals surface area contributed by atoms with Crippen LogP contribution in [-0.4, -0.2) is 11.9 Å². The number of amides is 1. The van der Waals surface area contributed by atoms with Crippen LogP contribution in [0.2, 0.25) is 5.02 Å². The van der Waals surface area contributed by atoms with Crippen LogP contribution in [0, 0.1) is 12.3 Å². The highest BCUT2D eigenvalue weighted by Crippen LogP contribution is 2.15. The summed E-state index contributed by atoms with van der Waals surface area (Å²) in [6, 6.07) is 7.13. The summed E-state index contributed by atoms with van der Waals surface area (Å²) in [5, 5.41) is 3.42. The summed E-state index contributed by atoms with van der Waals surface area (Å²) in [6.07, 6.45) is 7.35. The number of rotatable bonds is 5. The Labute approximate surface area is 107 Å². The highest BCUT2D eigenvalue weighted by Gasteiger charge is 2.10. The molecular formula is C14H16ClNO. The number of carbonyl (C=O) groups is 1. The van der Waals surface area contributed by atoms with Gasteiger partial charge in [-0.25, -0.2) is 0 Å². The van der Waals surface area contributed by atoms with Crippen molar-refractivity contribution in [1.29, 1.82) is 0 Å². The number of hydrogen-bond donors (Lipinski definition) is 1. The predicted octanol–water partition coefficient (Wildman–Crippen LogP) is 2.80. The zero-order valence-electron chi connectivity index (χ0n) is 9.87. The summed E-state index contributed by atoms with van der Waals surface area (Å²) < 4.78 is 0. The third-order valence-electron chi connectivity index (χ3n) is 2.42. The molecule has 0 saturated carbocycles. The van der Waals surface area contributed by atoms with E-state index in [2.05, 4.69) is 11.2 Å². The average molecular weight is 250 g/mol. The first-order valence-corrected chi connectivity index (χ1v) is 6.04. The quantitative estimate of drug-likeness (QED) is 0.799. The first-order valence-electron chi connectivity index (χ1n) is 5.66. The van der Waals surface area contributed by atoms with Gasteiger partial charge in [0.15, 0.2) is 0 Å². The topological polar surface area (TPSA) is 29.1 Å². The smallest absolute Gasteiger partial charge is 0.225 e. The van der Waals surface area contributed by atoms with Gasteiger partial charge in [0, 0.05) is 5.02 Å². The Morgan fingerprint density at radius 1 is 1.53 bits per heavy atom. The fourth-order valence-electron chi connectivity index (χ4n) is 1.55. The van der Waals surface area contributed by atoms with E-state index in [9.17, 15) is 4.79 Å². The van der Waals surface area contributed by atoms with Crippen LogP contribution < -0.4 is 5.32 Å². The molecule has 0 bridgehead atoms. The van der Waals surface area contributed by atoms with Gasteiger partial charge in [-0.05, 0) is 18.1 Å². The average Bonchev–Trinajstić information content (AvgIpc) is 2.31. The molecule has 0 fully saturated rings. The Morgan fingerprint density at radius 2 is 2.24 bits per heavy atom. The van der Waals surface area contributed by atoms with Crippen molar-refractivity contribution in [2.75, 3.05) is 0 Å². The van der Waals surface area contributed by atoms with E-state index in [1.54, 1.807) is 6.07 Å². The number of nitrogens with one attached hydrogen (secondary N) is 1. The highest BCUT2D eigenvalue weighted by molar-refractivity contribution is 6.31. The standard InChI is InChI=1S/C14H16ClNO/c1-3-7-12(4-2)16-14(17)10-11-8-5-6-9-13(11)15/h2,5-6,8-9,12H,3,7,10H2,1H3,(H,16,17). The number of carbonyl (C=O) groups excluding carboxylic acids is 1. The maximum absolute atomic E-state index is 11.7. The molecule has 0 spiro atoms. The number of halogens is 1. The zero-order valence-corrected chi connectivity index (χ0v) is 10.6. The molecule has 3 heteroatoms. The molecule has 0 aromatic heterocycles. The van der Waals surface area contributed by atoms with Crippen molar-refractivity contribution < 1.29 is 4.79 Å². The van der Waals surface area contributed by atoms with Gasteiger partial charge in [-0.2, -0.15) is 0 Å². The van der Waals surface area contributed by atoms with Gasteiger partial charge in [0.2, 0.25) is 5.91 Å². The minimum absolute atomic E-state index is 0.0884. The Bertz CT molecular complexity index is 422. The van der Waals surface area contributed by atoms with Crippen LogP contribution in [0.1, 0.15) is 25.3 Å². The van der Waals surface area contributed by atoms with Crippen molar-refractivity contribution in [2.45, 2.75) is 32.2 Å². The van der Waals surface area contributed by atoms with Crippen LogP contribution in [0.15, 0.2) is 24.3 Å². The van der Waals surface area contributed by atoms with Crippen LogP contribution in [0.3, 0.4) is 0 Å². The van der Waals surface area contributed by atoms with Crippen LogP contribution in [0.25, 0.3) is 0 Å². The highest BCUT2D eigenvalue weighted by atomic mass is 35.5. The Balaban J connectivity index is 2.56. The molecule has 1 aromatic carbocycles. The lowest BCUT2D eigenvalue weighted by molar-refractivity contribution is -0.120. The first-order chi connectivity index (χ1) is 8.17. The predicted molar refractivity (Wildman–Crippen MR) is 70.8 cm³/mol. The summed E-state index contributed by atoms with van der Waals surface area (Å²) >= 11 is 5.98. The van der Waals surface area contributed by atoms with Crippen molar-refractivity contribution in [3.05, 3.63) is 34.9 Å². The lowest BCUT2D eigenvalue weighted by Crippen LogP contribution is -2.34. The molecule has 0 heterocycles. The van der Waals surface area contributed by atoms with E-state index in [0.29, 0.717) is 5.02 Å². The molecule has 1 rings (SSSR count). The van der Waals surface area contributed by atoms with Gasteiger partial charge in [-0.1, -0.05) is 49.1 Å². The Hall–Kier alpha value is -1.46. The monoisotopic (exact) mass is 249 g/mol. The van der Waals surface area contributed by atoms with Gasteiger partial charge >= 0.3 is 0 Å². The molecule has 90 valence electrons. The van der Waals surface area contributed by atoms with E-state index in [0.717, 1.165) is 18.4 Å². The van der Waals surface area contributed by atoms with Crippen molar-refractivity contribution in [2.24, 2.45) is 0 Å². The second-order valence-corrected chi connectivity index (χ2v) is 4.25. The van der Waals surface area contributed by atoms with Crippen LogP contribution in [0.4, 0.5) is 0 Å². The molecule has 2 nitrogen and oxygen atoms in total. The third-order valence-corrected chi connectivity index (χ3v) is 2.79. The van der Waals surface area contributed by atoms with E-state index in [1.165, 1.54) is 0 Å². The molecule has 0 radical (unpaired) electrons. The SMILES string of the molecule is C#CC(CCC)NC(=O)Cc1ccccc1Cl. The Morgan fingerprint density at radius 3 is 2.82 bits per heavy atom. The minimum Gasteiger partial charge on any atom is -0.342 e. The van der Waals surface area contributed by atoms with E-state index < -0.39 is 0 Å². The van der Waals surface area contributed by atoms with Crippen molar-refractivity contribution in [1.82, 2.24) is 5.32 Å². The molecule has 0 aliphatic rings. The van der Waals surface area contributed by atoms with E-state index in [4.69, 9.17) is 18.0 Å². The van der Waals surface area contributed by atoms with Crippen molar-refractivity contribution >= 4 is 17.5 Å². The Kier molecular flexibility index (Phi) is 5.59. The molecule has 1 amide bonds. The maximum Gasteiger partial charge on any atom is 0.225 e. The number of hydrogen-bond acceptors (Lipinski definition) is 1. The second kappa shape index (κ2) is 6.98. The van der Waals surface area contributed by atoms with Gasteiger partial charge in [-0.15, -0.1) is 6.42 Å². The van der Waals surface area contributed by atoms with Crippen LogP contribution >= 0.6 is 11.6 Å². The van der Waals surface area contributed by atoms with Gasteiger partial charge < -0.3 is 5.32 Å². The normalized spacial score (nSPS) is 11.6. The van der Waals surface area contributed by atoms with Gasteiger partial charge in [-0.3, -0.25) is 4.79 Å². The molecule has 0 saturated heterocycles. The van der Waals surface area contributed by atoms with Crippen molar-refractivity contribution in [3.63, 3.8) is 0 Å².